The third-order valence-corrected chi connectivity index (χ3v) is 5.45. The number of sulfonamides is 1. The Morgan fingerprint density at radius 3 is 2.12 bits per heavy atom. The number of carbonyl (C=O) groups excluding carboxylic acids is 1. The van der Waals surface area contributed by atoms with Gasteiger partial charge in [0.25, 0.3) is 0 Å². The molecule has 26 heavy (non-hydrogen) atoms. The molecule has 3 atom stereocenters. The second kappa shape index (κ2) is 10.6. The fourth-order valence-electron chi connectivity index (χ4n) is 2.54. The molecule has 2 N–H and O–H groups in total. The van der Waals surface area contributed by atoms with E-state index in [4.69, 9.17) is 15.2 Å². The van der Waals surface area contributed by atoms with Gasteiger partial charge in [-0.1, -0.05) is 20.8 Å². The van der Waals surface area contributed by atoms with Gasteiger partial charge in [0, 0.05) is 12.1 Å². The minimum atomic E-state index is -3.44. The number of carbonyl (C=O) groups is 1. The topological polar surface area (TPSA) is 98.9 Å². The van der Waals surface area contributed by atoms with Gasteiger partial charge >= 0.3 is 5.97 Å². The third kappa shape index (κ3) is 9.85. The average Bonchev–Trinajstić information content (AvgIpc) is 2.45. The maximum atomic E-state index is 12.2. The summed E-state index contributed by atoms with van der Waals surface area (Å²) in [6, 6.07) is -0.687. The molecule has 0 rings (SSSR count). The average molecular weight is 395 g/mol. The Kier molecular flexibility index (Phi) is 10.3. The number of hydrogen-bond donors (Lipinski definition) is 1. The Hall–Kier alpha value is -0.700. The molecule has 0 aromatic heterocycles. The number of nitrogens with zero attached hydrogens (tertiary/aromatic N) is 1. The zero-order valence-electron chi connectivity index (χ0n) is 17.6. The molecule has 0 aliphatic rings. The highest BCUT2D eigenvalue weighted by Gasteiger charge is 2.33. The van der Waals surface area contributed by atoms with Gasteiger partial charge in [-0.25, -0.2) is 8.42 Å². The summed E-state index contributed by atoms with van der Waals surface area (Å²) in [6.07, 6.45) is 1.83. The van der Waals surface area contributed by atoms with Crippen molar-refractivity contribution in [1.82, 2.24) is 4.31 Å². The SMILES string of the molecule is CC[C@H](C)O[C@H](COC(=O)[C@@H](N)CC(C)C)CN(C(C)(C)C)S(C)(=O)=O. The molecule has 0 fully saturated rings. The molecule has 0 heterocycles. The molecule has 0 radical (unpaired) electrons. The number of esters is 1. The lowest BCUT2D eigenvalue weighted by molar-refractivity contribution is -0.152. The molecule has 8 heteroatoms. The van der Waals surface area contributed by atoms with Crippen LogP contribution in [-0.4, -0.2) is 61.9 Å². The van der Waals surface area contributed by atoms with Gasteiger partial charge in [-0.05, 0) is 46.5 Å². The molecule has 0 saturated carbocycles. The van der Waals surface area contributed by atoms with Gasteiger partial charge in [-0.15, -0.1) is 0 Å². The van der Waals surface area contributed by atoms with Crippen molar-refractivity contribution >= 4 is 16.0 Å². The van der Waals surface area contributed by atoms with Crippen LogP contribution < -0.4 is 5.73 Å². The van der Waals surface area contributed by atoms with E-state index in [2.05, 4.69) is 0 Å². The van der Waals surface area contributed by atoms with Crippen LogP contribution in [0, 0.1) is 5.92 Å². The van der Waals surface area contributed by atoms with Gasteiger partial charge in [0.05, 0.1) is 12.4 Å². The van der Waals surface area contributed by atoms with Crippen LogP contribution in [0.4, 0.5) is 0 Å². The fraction of sp³-hybridized carbons (Fsp3) is 0.944. The predicted molar refractivity (Wildman–Crippen MR) is 104 cm³/mol. The summed E-state index contributed by atoms with van der Waals surface area (Å²) in [5, 5.41) is 0. The molecule has 0 saturated heterocycles. The van der Waals surface area contributed by atoms with Crippen molar-refractivity contribution < 1.29 is 22.7 Å². The number of ether oxygens (including phenoxy) is 2. The molecule has 0 aromatic carbocycles. The molecule has 0 aliphatic carbocycles. The molecule has 0 spiro atoms. The van der Waals surface area contributed by atoms with Crippen molar-refractivity contribution in [2.75, 3.05) is 19.4 Å². The van der Waals surface area contributed by atoms with E-state index in [0.717, 1.165) is 6.42 Å². The maximum Gasteiger partial charge on any atom is 0.323 e. The smallest absolute Gasteiger partial charge is 0.323 e. The van der Waals surface area contributed by atoms with E-state index in [1.54, 1.807) is 0 Å². The van der Waals surface area contributed by atoms with E-state index >= 15 is 0 Å². The van der Waals surface area contributed by atoms with Crippen molar-refractivity contribution in [3.63, 3.8) is 0 Å². The molecule has 0 unspecified atom stereocenters. The molecular weight excluding hydrogens is 356 g/mol. The van der Waals surface area contributed by atoms with Crippen LogP contribution in [0.5, 0.6) is 0 Å². The highest BCUT2D eigenvalue weighted by Crippen LogP contribution is 2.19. The summed E-state index contributed by atoms with van der Waals surface area (Å²) in [4.78, 5) is 12.1. The van der Waals surface area contributed by atoms with Gasteiger partial charge in [-0.2, -0.15) is 4.31 Å². The Morgan fingerprint density at radius 2 is 1.73 bits per heavy atom. The summed E-state index contributed by atoms with van der Waals surface area (Å²) >= 11 is 0. The predicted octanol–water partition coefficient (Wildman–Crippen LogP) is 2.15. The molecule has 156 valence electrons. The van der Waals surface area contributed by atoms with E-state index < -0.39 is 33.7 Å². The molecule has 0 amide bonds. The summed E-state index contributed by atoms with van der Waals surface area (Å²) in [5.74, 6) is -0.204. The van der Waals surface area contributed by atoms with E-state index in [9.17, 15) is 13.2 Å². The van der Waals surface area contributed by atoms with E-state index in [1.165, 1.54) is 10.6 Å². The second-order valence-corrected chi connectivity index (χ2v) is 10.2. The standard InChI is InChI=1S/C18H38N2O5S/c1-9-14(4)25-15(11-20(18(5,6)7)26(8,22)23)12-24-17(21)16(19)10-13(2)3/h13-16H,9-12,19H2,1-8H3/t14-,15-,16-/m0/s1. The number of rotatable bonds is 11. The lowest BCUT2D eigenvalue weighted by Crippen LogP contribution is -2.50. The zero-order chi connectivity index (χ0) is 20.7. The first-order valence-electron chi connectivity index (χ1n) is 9.23. The van der Waals surface area contributed by atoms with Gasteiger partial charge in [-0.3, -0.25) is 4.79 Å². The summed E-state index contributed by atoms with van der Waals surface area (Å²) in [7, 11) is -3.44. The molecule has 0 bridgehead atoms. The number of hydrogen-bond acceptors (Lipinski definition) is 6. The summed E-state index contributed by atoms with van der Waals surface area (Å²) in [6.45, 7) is 13.4. The monoisotopic (exact) mass is 394 g/mol. The van der Waals surface area contributed by atoms with Crippen molar-refractivity contribution in [1.29, 1.82) is 0 Å². The summed E-state index contributed by atoms with van der Waals surface area (Å²) in [5.41, 5.74) is 5.24. The van der Waals surface area contributed by atoms with Crippen LogP contribution in [0.15, 0.2) is 0 Å². The van der Waals surface area contributed by atoms with Crippen LogP contribution in [0.1, 0.15) is 61.3 Å². The highest BCUT2D eigenvalue weighted by molar-refractivity contribution is 7.88. The van der Waals surface area contributed by atoms with Crippen LogP contribution in [0.2, 0.25) is 0 Å². The first kappa shape index (κ1) is 25.3. The number of nitrogens with two attached hydrogens (primary N) is 1. The lowest BCUT2D eigenvalue weighted by atomic mass is 10.1. The second-order valence-electron chi connectivity index (χ2n) is 8.31. The van der Waals surface area contributed by atoms with Gasteiger partial charge in [0.15, 0.2) is 0 Å². The van der Waals surface area contributed by atoms with E-state index in [0.29, 0.717) is 6.42 Å². The first-order chi connectivity index (χ1) is 11.7. The normalized spacial score (nSPS) is 16.6. The van der Waals surface area contributed by atoms with Crippen molar-refractivity contribution in [2.24, 2.45) is 11.7 Å². The van der Waals surface area contributed by atoms with Gasteiger partial charge < -0.3 is 15.2 Å². The molecular formula is C18H38N2O5S. The first-order valence-corrected chi connectivity index (χ1v) is 11.1. The quantitative estimate of drug-likeness (QED) is 0.539. The minimum Gasteiger partial charge on any atom is -0.462 e. The van der Waals surface area contributed by atoms with Gasteiger partial charge in [0.1, 0.15) is 18.8 Å². The van der Waals surface area contributed by atoms with Crippen molar-refractivity contribution in [2.45, 2.75) is 85.1 Å². The fourth-order valence-corrected chi connectivity index (χ4v) is 3.97. The van der Waals surface area contributed by atoms with Crippen LogP contribution in [0.25, 0.3) is 0 Å². The molecule has 7 nitrogen and oxygen atoms in total. The largest absolute Gasteiger partial charge is 0.462 e. The Labute approximate surface area is 159 Å². The van der Waals surface area contributed by atoms with Crippen LogP contribution >= 0.6 is 0 Å². The third-order valence-electron chi connectivity index (χ3n) is 3.96. The minimum absolute atomic E-state index is 0.0307. The Morgan fingerprint density at radius 1 is 1.19 bits per heavy atom. The van der Waals surface area contributed by atoms with E-state index in [-0.39, 0.29) is 25.2 Å². The molecule has 0 aromatic rings. The lowest BCUT2D eigenvalue weighted by Gasteiger charge is -2.36. The molecule has 0 aliphatic heterocycles. The van der Waals surface area contributed by atoms with Crippen molar-refractivity contribution in [3.05, 3.63) is 0 Å². The zero-order valence-corrected chi connectivity index (χ0v) is 18.4. The van der Waals surface area contributed by atoms with Crippen molar-refractivity contribution in [3.8, 4) is 0 Å². The maximum absolute atomic E-state index is 12.2. The van der Waals surface area contributed by atoms with E-state index in [1.807, 2.05) is 48.5 Å². The Balaban J connectivity index is 5.14. The summed E-state index contributed by atoms with van der Waals surface area (Å²) < 4.78 is 37.0. The Bertz CT molecular complexity index is 528. The van der Waals surface area contributed by atoms with Crippen LogP contribution in [-0.2, 0) is 24.3 Å². The van der Waals surface area contributed by atoms with Gasteiger partial charge in [0.2, 0.25) is 10.0 Å². The van der Waals surface area contributed by atoms with Crippen LogP contribution in [0.3, 0.4) is 0 Å². The highest BCUT2D eigenvalue weighted by atomic mass is 32.2.